The lowest BCUT2D eigenvalue weighted by atomic mass is 9.69. The number of methoxy groups -OCH3 is 2. The maximum atomic E-state index is 15.4. The number of amides is 5. The second kappa shape index (κ2) is 21.8. The molecule has 1 aliphatic heterocycles. The Balaban J connectivity index is 1.04. The largest absolute Gasteiger partial charge is 0.453 e. The lowest BCUT2D eigenvalue weighted by Crippen LogP contribution is -2.58. The summed E-state index contributed by atoms with van der Waals surface area (Å²) < 4.78 is 40.5. The average Bonchev–Trinajstić information content (AvgIpc) is 3.99. The standard InChI is InChI=1S/C58H69F2N5O8/c1-6-8-27-57(28-9-7-2)45-32-40(61-50(67)44-34-56(30-31-56)29-26-37(44)20-25-48(66)49(63-53(70)72-4)38-16-12-10-13-17-38)21-23-42(45)43-24-22-41(33-46(43)57)62-51(68)47-35-58(59,60)36-65(47)52(69)55(3,64-54(71)73-5)39-18-14-11-15-19-39/h10-19,21-24,32-33,37,44,47,49H,6-9,20,25-31,34-36H2,1-5H3,(H,61,67)(H,62,68)(H,63,70)(H,64,71)/t37?,44-,47?,49-,55+/m1/s1. The quantitative estimate of drug-likeness (QED) is 0.0719. The first-order valence-electron chi connectivity index (χ1n) is 25.9. The van der Waals surface area contributed by atoms with Crippen LogP contribution in [0.4, 0.5) is 29.7 Å². The minimum atomic E-state index is -3.38. The van der Waals surface area contributed by atoms with Crippen molar-refractivity contribution in [1.82, 2.24) is 15.5 Å². The summed E-state index contributed by atoms with van der Waals surface area (Å²) >= 11 is 0. The van der Waals surface area contributed by atoms with Crippen molar-refractivity contribution in [2.45, 2.75) is 140 Å². The van der Waals surface area contributed by atoms with E-state index in [0.29, 0.717) is 28.9 Å². The average molecular weight is 1000 g/mol. The molecule has 3 aliphatic carbocycles. The number of carbonyl (C=O) groups excluding carboxylic acids is 6. The molecule has 1 spiro atoms. The minimum Gasteiger partial charge on any atom is -0.453 e. The number of nitrogens with one attached hydrogen (secondary N) is 4. The highest BCUT2D eigenvalue weighted by atomic mass is 19.3. The zero-order valence-corrected chi connectivity index (χ0v) is 42.6. The zero-order valence-electron chi connectivity index (χ0n) is 42.6. The van der Waals surface area contributed by atoms with Crippen molar-refractivity contribution in [2.75, 3.05) is 31.4 Å². The summed E-state index contributed by atoms with van der Waals surface area (Å²) in [6.45, 7) is 4.68. The van der Waals surface area contributed by atoms with Gasteiger partial charge < -0.3 is 35.6 Å². The number of benzene rings is 4. The molecule has 2 unspecified atom stereocenters. The fraction of sp³-hybridized carbons (Fsp3) is 0.483. The van der Waals surface area contributed by atoms with E-state index in [0.717, 1.165) is 105 Å². The zero-order chi connectivity index (χ0) is 52.1. The topological polar surface area (TPSA) is 172 Å². The third-order valence-corrected chi connectivity index (χ3v) is 16.2. The van der Waals surface area contributed by atoms with Gasteiger partial charge in [-0.25, -0.2) is 18.4 Å². The molecular weight excluding hydrogens is 933 g/mol. The molecule has 1 heterocycles. The van der Waals surface area contributed by atoms with Gasteiger partial charge >= 0.3 is 12.2 Å². The Bertz CT molecular complexity index is 2690. The van der Waals surface area contributed by atoms with E-state index in [1.165, 1.54) is 14.0 Å². The Kier molecular flexibility index (Phi) is 15.8. The van der Waals surface area contributed by atoms with Crippen LogP contribution in [-0.4, -0.2) is 73.3 Å². The van der Waals surface area contributed by atoms with Gasteiger partial charge in [-0.2, -0.15) is 0 Å². The first kappa shape index (κ1) is 52.7. The summed E-state index contributed by atoms with van der Waals surface area (Å²) in [7, 11) is 2.40. The molecule has 8 rings (SSSR count). The van der Waals surface area contributed by atoms with Gasteiger partial charge in [-0.3, -0.25) is 19.2 Å². The van der Waals surface area contributed by atoms with Crippen LogP contribution < -0.4 is 21.3 Å². The number of alkyl halides is 2. The second-order valence-electron chi connectivity index (χ2n) is 21.0. The lowest BCUT2D eigenvalue weighted by Gasteiger charge is -2.36. The number of alkyl carbamates (subject to hydrolysis) is 2. The summed E-state index contributed by atoms with van der Waals surface area (Å²) in [6, 6.07) is 26.6. The molecule has 4 aromatic carbocycles. The van der Waals surface area contributed by atoms with Crippen molar-refractivity contribution in [3.05, 3.63) is 119 Å². The van der Waals surface area contributed by atoms with Gasteiger partial charge in [0, 0.05) is 35.5 Å². The minimum absolute atomic E-state index is 0.0317. The van der Waals surface area contributed by atoms with Crippen molar-refractivity contribution < 1.29 is 47.0 Å². The van der Waals surface area contributed by atoms with Crippen LogP contribution in [0.25, 0.3) is 11.1 Å². The number of rotatable bonds is 19. The molecule has 5 amide bonds. The fourth-order valence-corrected chi connectivity index (χ4v) is 11.9. The molecule has 0 bridgehead atoms. The first-order chi connectivity index (χ1) is 35.0. The molecule has 1 saturated heterocycles. The number of carbonyl (C=O) groups is 6. The molecular formula is C58H69F2N5O8. The number of halogens is 2. The maximum Gasteiger partial charge on any atom is 0.407 e. The summed E-state index contributed by atoms with van der Waals surface area (Å²) in [5.74, 6) is -5.59. The number of Topliss-reactive ketones (excluding diaryl/α,β-unsaturated/α-hetero) is 1. The molecule has 4 aliphatic rings. The van der Waals surface area contributed by atoms with E-state index in [4.69, 9.17) is 9.47 Å². The van der Waals surface area contributed by atoms with Crippen LogP contribution in [-0.2, 0) is 39.6 Å². The third-order valence-electron chi connectivity index (χ3n) is 16.2. The van der Waals surface area contributed by atoms with Gasteiger partial charge in [0.05, 0.1) is 20.8 Å². The highest BCUT2D eigenvalue weighted by Gasteiger charge is 2.55. The molecule has 4 aromatic rings. The molecule has 0 aromatic heterocycles. The summed E-state index contributed by atoms with van der Waals surface area (Å²) in [6.07, 6.45) is 8.16. The Morgan fingerprint density at radius 3 is 1.88 bits per heavy atom. The number of fused-ring (bicyclic) bond motifs is 3. The van der Waals surface area contributed by atoms with E-state index in [2.05, 4.69) is 47.2 Å². The molecule has 3 fully saturated rings. The number of likely N-dealkylation sites (tertiary alicyclic amines) is 1. The van der Waals surface area contributed by atoms with Crippen LogP contribution in [0.2, 0.25) is 0 Å². The van der Waals surface area contributed by atoms with Crippen LogP contribution in [0.1, 0.15) is 139 Å². The summed E-state index contributed by atoms with van der Waals surface area (Å²) in [4.78, 5) is 83.0. The van der Waals surface area contributed by atoms with Crippen LogP contribution in [0, 0.1) is 17.3 Å². The Morgan fingerprint density at radius 2 is 1.32 bits per heavy atom. The molecule has 388 valence electrons. The number of unbranched alkanes of at least 4 members (excludes halogenated alkanes) is 2. The number of hydrogen-bond acceptors (Lipinski definition) is 8. The van der Waals surface area contributed by atoms with E-state index in [1.807, 2.05) is 36.4 Å². The maximum absolute atomic E-state index is 15.4. The fourth-order valence-electron chi connectivity index (χ4n) is 11.9. The molecule has 2 saturated carbocycles. The number of hydrogen-bond donors (Lipinski definition) is 4. The van der Waals surface area contributed by atoms with Crippen LogP contribution in [0.5, 0.6) is 0 Å². The van der Waals surface area contributed by atoms with Gasteiger partial charge in [0.15, 0.2) is 5.78 Å². The number of ether oxygens (including phenoxy) is 2. The molecule has 4 N–H and O–H groups in total. The SMILES string of the molecule is CCCCC1(CCCC)c2cc(NC(=O)C3CC(F)(F)CN3C(=O)[C@@](C)(NC(=O)OC)c3ccccc3)ccc2-c2ccc(NC(=O)[C@@H]3CC4(CCC3CCC(=O)[C@H](NC(=O)OC)c3ccccc3)CC4)cc21. The predicted octanol–water partition coefficient (Wildman–Crippen LogP) is 11.4. The van der Waals surface area contributed by atoms with Crippen LogP contribution >= 0.6 is 0 Å². The van der Waals surface area contributed by atoms with Gasteiger partial charge in [-0.1, -0.05) is 112 Å². The van der Waals surface area contributed by atoms with Crippen LogP contribution in [0.3, 0.4) is 0 Å². The molecule has 0 radical (unpaired) electrons. The van der Waals surface area contributed by atoms with E-state index < -0.39 is 65.9 Å². The van der Waals surface area contributed by atoms with Gasteiger partial charge in [-0.05, 0) is 127 Å². The smallest absolute Gasteiger partial charge is 0.407 e. The first-order valence-corrected chi connectivity index (χ1v) is 25.9. The third kappa shape index (κ3) is 11.2. The summed E-state index contributed by atoms with van der Waals surface area (Å²) in [5.41, 5.74) is 3.96. The van der Waals surface area contributed by atoms with Crippen molar-refractivity contribution in [3.8, 4) is 11.1 Å². The normalized spacial score (nSPS) is 20.9. The van der Waals surface area contributed by atoms with Gasteiger partial charge in [0.2, 0.25) is 11.8 Å². The van der Waals surface area contributed by atoms with E-state index in [-0.39, 0.29) is 35.4 Å². The molecule has 73 heavy (non-hydrogen) atoms. The van der Waals surface area contributed by atoms with Gasteiger partial charge in [-0.15, -0.1) is 0 Å². The highest BCUT2D eigenvalue weighted by Crippen LogP contribution is 2.60. The Morgan fingerprint density at radius 1 is 0.740 bits per heavy atom. The van der Waals surface area contributed by atoms with Crippen molar-refractivity contribution in [3.63, 3.8) is 0 Å². The number of ketones is 1. The monoisotopic (exact) mass is 1000 g/mol. The Labute approximate surface area is 426 Å². The van der Waals surface area contributed by atoms with E-state index in [1.54, 1.807) is 48.5 Å². The predicted molar refractivity (Wildman–Crippen MR) is 275 cm³/mol. The van der Waals surface area contributed by atoms with Crippen molar-refractivity contribution >= 4 is 47.1 Å². The van der Waals surface area contributed by atoms with Crippen molar-refractivity contribution in [2.24, 2.45) is 17.3 Å². The molecule has 5 atom stereocenters. The number of anilines is 2. The number of nitrogens with zero attached hydrogens (tertiary/aromatic N) is 1. The van der Waals surface area contributed by atoms with E-state index >= 15 is 8.78 Å². The Hall–Kier alpha value is -6.64. The van der Waals surface area contributed by atoms with Gasteiger partial charge in [0.1, 0.15) is 17.6 Å². The lowest BCUT2D eigenvalue weighted by molar-refractivity contribution is -0.143. The van der Waals surface area contributed by atoms with Gasteiger partial charge in [0.25, 0.3) is 11.8 Å². The highest BCUT2D eigenvalue weighted by molar-refractivity contribution is 6.01. The van der Waals surface area contributed by atoms with Crippen molar-refractivity contribution in [1.29, 1.82) is 0 Å². The second-order valence-corrected chi connectivity index (χ2v) is 21.0. The molecule has 15 heteroatoms. The van der Waals surface area contributed by atoms with E-state index in [9.17, 15) is 28.8 Å². The van der Waals surface area contributed by atoms with Crippen LogP contribution in [0.15, 0.2) is 97.1 Å². The molecule has 13 nitrogen and oxygen atoms in total. The summed E-state index contributed by atoms with van der Waals surface area (Å²) in [5, 5.41) is 11.5.